The van der Waals surface area contributed by atoms with Gasteiger partial charge in [-0.2, -0.15) is 4.31 Å². The predicted octanol–water partition coefficient (Wildman–Crippen LogP) is 3.72. The second-order valence-corrected chi connectivity index (χ2v) is 8.08. The fraction of sp³-hybridized carbons (Fsp3) is 0.500. The predicted molar refractivity (Wildman–Crippen MR) is 87.2 cm³/mol. The van der Waals surface area contributed by atoms with E-state index in [4.69, 9.17) is 11.6 Å². The van der Waals surface area contributed by atoms with Gasteiger partial charge < -0.3 is 0 Å². The Kier molecular flexibility index (Phi) is 5.47. The third-order valence-corrected chi connectivity index (χ3v) is 6.29. The Hall–Kier alpha value is -0.840. The molecule has 1 fully saturated rings. The van der Waals surface area contributed by atoms with Gasteiger partial charge in [0.1, 0.15) is 0 Å². The van der Waals surface area contributed by atoms with Gasteiger partial charge in [0, 0.05) is 18.0 Å². The normalized spacial score (nSPS) is 23.9. The molecule has 116 valence electrons. The van der Waals surface area contributed by atoms with Crippen molar-refractivity contribution >= 4 is 21.6 Å². The molecule has 21 heavy (non-hydrogen) atoms. The number of nitrogens with zero attached hydrogens (tertiary/aromatic N) is 1. The summed E-state index contributed by atoms with van der Waals surface area (Å²) in [4.78, 5) is 0.365. The Morgan fingerprint density at radius 2 is 2.05 bits per heavy atom. The molecule has 0 radical (unpaired) electrons. The van der Waals surface area contributed by atoms with Crippen molar-refractivity contribution in [2.75, 3.05) is 6.54 Å². The van der Waals surface area contributed by atoms with Crippen LogP contribution in [0.25, 0.3) is 0 Å². The standard InChI is InChI=1S/C16H22ClNO2S/c1-3-4-5-15-12-14(17)10-11-18(15)21(19,20)16-8-6-13(2)7-9-16/h3,6-9,14-15H,1,4-5,10-12H2,2H3/t14-,15+/m0/s1. The fourth-order valence-electron chi connectivity index (χ4n) is 2.71. The number of hydrogen-bond acceptors (Lipinski definition) is 2. The van der Waals surface area contributed by atoms with E-state index in [-0.39, 0.29) is 11.4 Å². The molecule has 0 unspecified atom stereocenters. The number of allylic oxidation sites excluding steroid dienone is 1. The van der Waals surface area contributed by atoms with E-state index in [0.717, 1.165) is 18.4 Å². The van der Waals surface area contributed by atoms with Crippen LogP contribution < -0.4 is 0 Å². The van der Waals surface area contributed by atoms with Gasteiger partial charge in [-0.05, 0) is 44.7 Å². The largest absolute Gasteiger partial charge is 0.243 e. The summed E-state index contributed by atoms with van der Waals surface area (Å²) in [6.07, 6.45) is 4.82. The molecule has 1 aliphatic rings. The highest BCUT2D eigenvalue weighted by Crippen LogP contribution is 2.30. The van der Waals surface area contributed by atoms with Crippen molar-refractivity contribution in [3.05, 3.63) is 42.5 Å². The minimum Gasteiger partial charge on any atom is -0.207 e. The summed E-state index contributed by atoms with van der Waals surface area (Å²) in [5.41, 5.74) is 1.05. The summed E-state index contributed by atoms with van der Waals surface area (Å²) >= 11 is 6.23. The molecule has 0 saturated carbocycles. The summed E-state index contributed by atoms with van der Waals surface area (Å²) in [7, 11) is -3.44. The third kappa shape index (κ3) is 3.87. The molecular weight excluding hydrogens is 306 g/mol. The molecule has 0 N–H and O–H groups in total. The maximum Gasteiger partial charge on any atom is 0.243 e. The highest BCUT2D eigenvalue weighted by Gasteiger charge is 2.35. The summed E-state index contributed by atoms with van der Waals surface area (Å²) in [6.45, 7) is 6.16. The van der Waals surface area contributed by atoms with E-state index < -0.39 is 10.0 Å². The SMILES string of the molecule is C=CCC[C@@H]1C[C@@H](Cl)CCN1S(=O)(=O)c1ccc(C)cc1. The van der Waals surface area contributed by atoms with Crippen LogP contribution in [0.15, 0.2) is 41.8 Å². The number of aryl methyl sites for hydroxylation is 1. The first-order valence-corrected chi connectivity index (χ1v) is 9.16. The molecule has 0 spiro atoms. The van der Waals surface area contributed by atoms with Gasteiger partial charge in [0.05, 0.1) is 4.90 Å². The zero-order valence-corrected chi connectivity index (χ0v) is 13.9. The molecule has 2 atom stereocenters. The zero-order chi connectivity index (χ0) is 15.5. The van der Waals surface area contributed by atoms with Crippen LogP contribution in [-0.2, 0) is 10.0 Å². The molecule has 1 aromatic carbocycles. The monoisotopic (exact) mass is 327 g/mol. The minimum absolute atomic E-state index is 0.0365. The molecule has 5 heteroatoms. The summed E-state index contributed by atoms with van der Waals surface area (Å²) in [6, 6.07) is 7.00. The zero-order valence-electron chi connectivity index (χ0n) is 12.3. The first-order valence-electron chi connectivity index (χ1n) is 7.28. The first kappa shape index (κ1) is 16.5. The van der Waals surface area contributed by atoms with Crippen molar-refractivity contribution in [2.45, 2.75) is 48.9 Å². The molecule has 1 heterocycles. The van der Waals surface area contributed by atoms with Crippen LogP contribution in [0, 0.1) is 6.92 Å². The van der Waals surface area contributed by atoms with Crippen LogP contribution in [0.4, 0.5) is 0 Å². The van der Waals surface area contributed by atoms with E-state index in [0.29, 0.717) is 24.3 Å². The Bertz CT molecular complexity index is 583. The molecule has 1 aliphatic heterocycles. The van der Waals surface area contributed by atoms with E-state index in [2.05, 4.69) is 6.58 Å². The summed E-state index contributed by atoms with van der Waals surface area (Å²) < 4.78 is 27.3. The molecule has 0 aromatic heterocycles. The highest BCUT2D eigenvalue weighted by atomic mass is 35.5. The van der Waals surface area contributed by atoms with Gasteiger partial charge >= 0.3 is 0 Å². The topological polar surface area (TPSA) is 37.4 Å². The Labute approximate surface area is 132 Å². The quantitative estimate of drug-likeness (QED) is 0.610. The van der Waals surface area contributed by atoms with Crippen LogP contribution in [0.2, 0.25) is 0 Å². The van der Waals surface area contributed by atoms with Crippen molar-refractivity contribution in [1.82, 2.24) is 4.31 Å². The second kappa shape index (κ2) is 6.95. The third-order valence-electron chi connectivity index (χ3n) is 3.93. The average molecular weight is 328 g/mol. The first-order chi connectivity index (χ1) is 9.95. The van der Waals surface area contributed by atoms with Crippen LogP contribution in [0.1, 0.15) is 31.2 Å². The van der Waals surface area contributed by atoms with Crippen LogP contribution in [0.3, 0.4) is 0 Å². The number of alkyl halides is 1. The number of sulfonamides is 1. The number of halogens is 1. The number of piperidine rings is 1. The molecule has 1 aromatic rings. The smallest absolute Gasteiger partial charge is 0.207 e. The van der Waals surface area contributed by atoms with E-state index in [9.17, 15) is 8.42 Å². The number of benzene rings is 1. The maximum absolute atomic E-state index is 12.8. The number of hydrogen-bond donors (Lipinski definition) is 0. The van der Waals surface area contributed by atoms with E-state index in [1.807, 2.05) is 25.1 Å². The van der Waals surface area contributed by atoms with Gasteiger partial charge in [-0.3, -0.25) is 0 Å². The van der Waals surface area contributed by atoms with Crippen LogP contribution in [-0.4, -0.2) is 30.7 Å². The maximum atomic E-state index is 12.8. The second-order valence-electron chi connectivity index (χ2n) is 5.57. The highest BCUT2D eigenvalue weighted by molar-refractivity contribution is 7.89. The van der Waals surface area contributed by atoms with Crippen molar-refractivity contribution < 1.29 is 8.42 Å². The Morgan fingerprint density at radius 1 is 1.38 bits per heavy atom. The van der Waals surface area contributed by atoms with Crippen molar-refractivity contribution in [3.63, 3.8) is 0 Å². The minimum atomic E-state index is -3.44. The van der Waals surface area contributed by atoms with Crippen LogP contribution >= 0.6 is 11.6 Å². The lowest BCUT2D eigenvalue weighted by molar-refractivity contribution is 0.245. The van der Waals surface area contributed by atoms with Gasteiger partial charge in [0.15, 0.2) is 0 Å². The summed E-state index contributed by atoms with van der Waals surface area (Å²) in [5.74, 6) is 0. The van der Waals surface area contributed by atoms with Gasteiger partial charge in [-0.15, -0.1) is 18.2 Å². The van der Waals surface area contributed by atoms with Gasteiger partial charge in [0.25, 0.3) is 0 Å². The number of rotatable bonds is 5. The average Bonchev–Trinajstić information content (AvgIpc) is 2.45. The molecule has 3 nitrogen and oxygen atoms in total. The molecule has 0 amide bonds. The lowest BCUT2D eigenvalue weighted by atomic mass is 10.0. The van der Waals surface area contributed by atoms with E-state index in [1.165, 1.54) is 0 Å². The van der Waals surface area contributed by atoms with E-state index in [1.54, 1.807) is 16.4 Å². The lowest BCUT2D eigenvalue weighted by Gasteiger charge is -2.36. The van der Waals surface area contributed by atoms with Crippen molar-refractivity contribution in [3.8, 4) is 0 Å². The van der Waals surface area contributed by atoms with Gasteiger partial charge in [-0.25, -0.2) is 8.42 Å². The molecule has 1 saturated heterocycles. The van der Waals surface area contributed by atoms with Gasteiger partial charge in [0.2, 0.25) is 10.0 Å². The van der Waals surface area contributed by atoms with Gasteiger partial charge in [-0.1, -0.05) is 23.8 Å². The summed E-state index contributed by atoms with van der Waals surface area (Å²) in [5, 5.41) is 0.0595. The molecule has 0 aliphatic carbocycles. The lowest BCUT2D eigenvalue weighted by Crippen LogP contribution is -2.46. The Morgan fingerprint density at radius 3 is 2.67 bits per heavy atom. The molecule has 0 bridgehead atoms. The van der Waals surface area contributed by atoms with Crippen molar-refractivity contribution in [2.24, 2.45) is 0 Å². The van der Waals surface area contributed by atoms with Crippen molar-refractivity contribution in [1.29, 1.82) is 0 Å². The fourth-order valence-corrected chi connectivity index (χ4v) is 4.70. The molecule has 2 rings (SSSR count). The van der Waals surface area contributed by atoms with Crippen LogP contribution in [0.5, 0.6) is 0 Å². The Balaban J connectivity index is 2.27. The van der Waals surface area contributed by atoms with E-state index >= 15 is 0 Å². The molecular formula is C16H22ClNO2S.